The third-order valence-corrected chi connectivity index (χ3v) is 3.76. The quantitative estimate of drug-likeness (QED) is 0.666. The number of aromatic nitrogens is 2. The number of benzene rings is 1. The van der Waals surface area contributed by atoms with Crippen molar-refractivity contribution in [1.29, 1.82) is 0 Å². The van der Waals surface area contributed by atoms with Crippen LogP contribution < -0.4 is 5.73 Å². The predicted molar refractivity (Wildman–Crippen MR) is 68.7 cm³/mol. The zero-order chi connectivity index (χ0) is 11.5. The standard InChI is InChI=1S/C14H13N3/c15-14(4-5-14)9-1-2-12-11(7-9)10-3-6-16-8-13(10)17-12/h1-3,6-8,17H,4-5,15H2. The van der Waals surface area contributed by atoms with Gasteiger partial charge < -0.3 is 10.7 Å². The Bertz CT molecular complexity index is 722. The molecule has 0 bridgehead atoms. The third kappa shape index (κ3) is 1.23. The Morgan fingerprint density at radius 3 is 2.82 bits per heavy atom. The fourth-order valence-corrected chi connectivity index (χ4v) is 2.48. The van der Waals surface area contributed by atoms with Crippen LogP contribution >= 0.6 is 0 Å². The van der Waals surface area contributed by atoms with Crippen molar-refractivity contribution in [3.05, 3.63) is 42.2 Å². The van der Waals surface area contributed by atoms with Crippen molar-refractivity contribution in [2.24, 2.45) is 5.73 Å². The minimum Gasteiger partial charge on any atom is -0.353 e. The summed E-state index contributed by atoms with van der Waals surface area (Å²) in [6.45, 7) is 0. The molecule has 84 valence electrons. The summed E-state index contributed by atoms with van der Waals surface area (Å²) >= 11 is 0. The second-order valence-electron chi connectivity index (χ2n) is 4.96. The Hall–Kier alpha value is -1.87. The number of rotatable bonds is 1. The molecule has 3 aromatic rings. The monoisotopic (exact) mass is 223 g/mol. The average Bonchev–Trinajstić information content (AvgIpc) is 3.00. The summed E-state index contributed by atoms with van der Waals surface area (Å²) in [4.78, 5) is 7.51. The molecule has 1 aromatic carbocycles. The van der Waals surface area contributed by atoms with Gasteiger partial charge in [0.25, 0.3) is 0 Å². The summed E-state index contributed by atoms with van der Waals surface area (Å²) in [5.74, 6) is 0. The molecule has 0 aliphatic heterocycles. The van der Waals surface area contributed by atoms with Gasteiger partial charge in [-0.3, -0.25) is 4.98 Å². The lowest BCUT2D eigenvalue weighted by Gasteiger charge is -2.08. The van der Waals surface area contributed by atoms with E-state index in [0.717, 1.165) is 23.9 Å². The molecule has 4 rings (SSSR count). The van der Waals surface area contributed by atoms with E-state index >= 15 is 0 Å². The normalized spacial score (nSPS) is 17.7. The van der Waals surface area contributed by atoms with E-state index in [4.69, 9.17) is 5.73 Å². The maximum absolute atomic E-state index is 6.25. The molecule has 2 heterocycles. The highest BCUT2D eigenvalue weighted by Crippen LogP contribution is 2.43. The number of H-pyrrole nitrogens is 1. The minimum atomic E-state index is -0.0647. The Kier molecular flexibility index (Phi) is 1.55. The topological polar surface area (TPSA) is 54.7 Å². The van der Waals surface area contributed by atoms with Gasteiger partial charge in [0.15, 0.2) is 0 Å². The lowest BCUT2D eigenvalue weighted by molar-refractivity contribution is 0.741. The second-order valence-corrected chi connectivity index (χ2v) is 4.96. The third-order valence-electron chi connectivity index (χ3n) is 3.76. The van der Waals surface area contributed by atoms with Crippen molar-refractivity contribution in [1.82, 2.24) is 9.97 Å². The molecule has 3 nitrogen and oxygen atoms in total. The molecule has 0 amide bonds. The largest absolute Gasteiger partial charge is 0.353 e. The number of hydrogen-bond donors (Lipinski definition) is 2. The van der Waals surface area contributed by atoms with E-state index in [1.165, 1.54) is 16.3 Å². The van der Waals surface area contributed by atoms with Gasteiger partial charge in [-0.25, -0.2) is 0 Å². The van der Waals surface area contributed by atoms with Crippen LogP contribution in [0.5, 0.6) is 0 Å². The number of fused-ring (bicyclic) bond motifs is 3. The van der Waals surface area contributed by atoms with Gasteiger partial charge in [0.2, 0.25) is 0 Å². The fraction of sp³-hybridized carbons (Fsp3) is 0.214. The molecule has 1 fully saturated rings. The molecule has 17 heavy (non-hydrogen) atoms. The molecule has 1 aliphatic carbocycles. The van der Waals surface area contributed by atoms with Crippen LogP contribution in [-0.4, -0.2) is 9.97 Å². The van der Waals surface area contributed by atoms with Gasteiger partial charge in [-0.05, 0) is 36.6 Å². The van der Waals surface area contributed by atoms with Gasteiger partial charge in [0.05, 0.1) is 11.7 Å². The van der Waals surface area contributed by atoms with Gasteiger partial charge in [0, 0.05) is 28.0 Å². The Balaban J connectivity index is 2.07. The van der Waals surface area contributed by atoms with Crippen LogP contribution in [-0.2, 0) is 5.54 Å². The first-order chi connectivity index (χ1) is 8.26. The Labute approximate surface area is 98.7 Å². The van der Waals surface area contributed by atoms with E-state index in [9.17, 15) is 0 Å². The van der Waals surface area contributed by atoms with E-state index in [-0.39, 0.29) is 5.54 Å². The van der Waals surface area contributed by atoms with E-state index in [2.05, 4.69) is 28.2 Å². The molecule has 0 spiro atoms. The van der Waals surface area contributed by atoms with Crippen molar-refractivity contribution in [2.75, 3.05) is 0 Å². The molecule has 3 heteroatoms. The summed E-state index contributed by atoms with van der Waals surface area (Å²) in [6.07, 6.45) is 5.90. The SMILES string of the molecule is NC1(c2ccc3[nH]c4cnccc4c3c2)CC1. The van der Waals surface area contributed by atoms with E-state index in [1.54, 1.807) is 0 Å². The molecular weight excluding hydrogens is 210 g/mol. The first-order valence-electron chi connectivity index (χ1n) is 5.91. The van der Waals surface area contributed by atoms with Gasteiger partial charge in [-0.15, -0.1) is 0 Å². The van der Waals surface area contributed by atoms with E-state index < -0.39 is 0 Å². The van der Waals surface area contributed by atoms with Crippen LogP contribution in [0.2, 0.25) is 0 Å². The van der Waals surface area contributed by atoms with Crippen LogP contribution in [0.25, 0.3) is 21.8 Å². The van der Waals surface area contributed by atoms with Crippen LogP contribution in [0.15, 0.2) is 36.7 Å². The van der Waals surface area contributed by atoms with Gasteiger partial charge in [-0.1, -0.05) is 6.07 Å². The summed E-state index contributed by atoms with van der Waals surface area (Å²) in [7, 11) is 0. The number of pyridine rings is 1. The maximum Gasteiger partial charge on any atom is 0.0651 e. The van der Waals surface area contributed by atoms with Gasteiger partial charge in [-0.2, -0.15) is 0 Å². The molecule has 0 saturated heterocycles. The Morgan fingerprint density at radius 1 is 1.12 bits per heavy atom. The second kappa shape index (κ2) is 2.87. The molecular formula is C14H13N3. The van der Waals surface area contributed by atoms with Crippen molar-refractivity contribution in [3.8, 4) is 0 Å². The molecule has 2 aromatic heterocycles. The lowest BCUT2D eigenvalue weighted by Crippen LogP contribution is -2.18. The molecule has 1 aliphatic rings. The molecule has 0 atom stereocenters. The van der Waals surface area contributed by atoms with Crippen molar-refractivity contribution in [3.63, 3.8) is 0 Å². The number of nitrogens with one attached hydrogen (secondary N) is 1. The molecule has 1 saturated carbocycles. The molecule has 0 radical (unpaired) electrons. The summed E-state index contributed by atoms with van der Waals surface area (Å²) < 4.78 is 0. The maximum atomic E-state index is 6.25. The van der Waals surface area contributed by atoms with Crippen LogP contribution in [0.4, 0.5) is 0 Å². The number of aromatic amines is 1. The van der Waals surface area contributed by atoms with Crippen molar-refractivity contribution < 1.29 is 0 Å². The number of hydrogen-bond acceptors (Lipinski definition) is 2. The predicted octanol–water partition coefficient (Wildman–Crippen LogP) is 2.66. The van der Waals surface area contributed by atoms with Crippen LogP contribution in [0, 0.1) is 0 Å². The number of nitrogens with zero attached hydrogens (tertiary/aromatic N) is 1. The zero-order valence-electron chi connectivity index (χ0n) is 9.40. The average molecular weight is 223 g/mol. The van der Waals surface area contributed by atoms with Gasteiger partial charge >= 0.3 is 0 Å². The van der Waals surface area contributed by atoms with Gasteiger partial charge in [0.1, 0.15) is 0 Å². The van der Waals surface area contributed by atoms with Crippen molar-refractivity contribution >= 4 is 21.8 Å². The summed E-state index contributed by atoms with van der Waals surface area (Å²) in [5.41, 5.74) is 9.68. The van der Waals surface area contributed by atoms with E-state index in [0.29, 0.717) is 0 Å². The zero-order valence-corrected chi connectivity index (χ0v) is 9.40. The smallest absolute Gasteiger partial charge is 0.0651 e. The van der Waals surface area contributed by atoms with Crippen LogP contribution in [0.3, 0.4) is 0 Å². The minimum absolute atomic E-state index is 0.0647. The highest BCUT2D eigenvalue weighted by Gasteiger charge is 2.39. The summed E-state index contributed by atoms with van der Waals surface area (Å²) in [5, 5.41) is 2.47. The first kappa shape index (κ1) is 9.19. The lowest BCUT2D eigenvalue weighted by atomic mass is 10.0. The first-order valence-corrected chi connectivity index (χ1v) is 5.91. The fourth-order valence-electron chi connectivity index (χ4n) is 2.48. The van der Waals surface area contributed by atoms with Crippen LogP contribution in [0.1, 0.15) is 18.4 Å². The number of nitrogens with two attached hydrogens (primary N) is 1. The molecule has 3 N–H and O–H groups in total. The highest BCUT2D eigenvalue weighted by atomic mass is 14.8. The summed E-state index contributed by atoms with van der Waals surface area (Å²) in [6, 6.07) is 8.53. The van der Waals surface area contributed by atoms with Crippen molar-refractivity contribution in [2.45, 2.75) is 18.4 Å². The highest BCUT2D eigenvalue weighted by molar-refractivity contribution is 6.07. The molecule has 0 unspecified atom stereocenters. The van der Waals surface area contributed by atoms with E-state index in [1.807, 2.05) is 18.5 Å². The Morgan fingerprint density at radius 2 is 2.00 bits per heavy atom.